The highest BCUT2D eigenvalue weighted by Crippen LogP contribution is 2.18. The number of imidazole rings is 1. The van der Waals surface area contributed by atoms with Crippen LogP contribution >= 0.6 is 0 Å². The van der Waals surface area contributed by atoms with Crippen LogP contribution in [0.1, 0.15) is 32.8 Å². The van der Waals surface area contributed by atoms with E-state index in [4.69, 9.17) is 9.47 Å². The molecule has 10 heteroatoms. The van der Waals surface area contributed by atoms with Crippen LogP contribution < -0.4 is 21.3 Å². The van der Waals surface area contributed by atoms with Crippen molar-refractivity contribution in [3.8, 4) is 5.75 Å². The first-order valence-corrected chi connectivity index (χ1v) is 11.2. The minimum atomic E-state index is -0.908. The average molecular weight is 460 g/mol. The van der Waals surface area contributed by atoms with Crippen molar-refractivity contribution in [3.05, 3.63) is 50.7 Å². The Morgan fingerprint density at radius 2 is 2.06 bits per heavy atom. The summed E-state index contributed by atoms with van der Waals surface area (Å²) in [4.78, 5) is 31.4. The summed E-state index contributed by atoms with van der Waals surface area (Å²) in [6.45, 7) is 7.25. The van der Waals surface area contributed by atoms with Crippen LogP contribution in [0.2, 0.25) is 0 Å². The summed E-state index contributed by atoms with van der Waals surface area (Å²) in [6, 6.07) is 7.70. The molecule has 0 saturated carbocycles. The zero-order chi connectivity index (χ0) is 24.0. The summed E-state index contributed by atoms with van der Waals surface area (Å²) >= 11 is 0. The molecule has 0 fully saturated rings. The summed E-state index contributed by atoms with van der Waals surface area (Å²) in [5.41, 5.74) is 0.496. The quantitative estimate of drug-likeness (QED) is 0.352. The van der Waals surface area contributed by atoms with Crippen LogP contribution in [-0.4, -0.2) is 56.2 Å². The number of aromatic amines is 1. The highest BCUT2D eigenvalue weighted by atomic mass is 16.5. The van der Waals surface area contributed by atoms with Gasteiger partial charge in [0.15, 0.2) is 11.2 Å². The Labute approximate surface area is 192 Å². The number of nitrogens with one attached hydrogen (secondary N) is 2. The van der Waals surface area contributed by atoms with E-state index < -0.39 is 17.4 Å². The molecule has 10 nitrogen and oxygen atoms in total. The summed E-state index contributed by atoms with van der Waals surface area (Å²) < 4.78 is 14.2. The van der Waals surface area contributed by atoms with Crippen molar-refractivity contribution < 1.29 is 14.6 Å². The van der Waals surface area contributed by atoms with E-state index in [0.29, 0.717) is 24.8 Å². The van der Waals surface area contributed by atoms with Crippen LogP contribution in [0.4, 0.5) is 5.95 Å². The number of anilines is 1. The van der Waals surface area contributed by atoms with Gasteiger partial charge in [-0.25, -0.2) is 4.79 Å². The number of aryl methyl sites for hydroxylation is 2. The molecule has 3 N–H and O–H groups in total. The molecular weight excluding hydrogens is 426 g/mol. The van der Waals surface area contributed by atoms with Gasteiger partial charge in [0.05, 0.1) is 12.6 Å². The second kappa shape index (κ2) is 11.2. The molecule has 0 aliphatic carbocycles. The lowest BCUT2D eigenvalue weighted by Gasteiger charge is -2.16. The van der Waals surface area contributed by atoms with Gasteiger partial charge in [0.1, 0.15) is 18.5 Å². The van der Waals surface area contributed by atoms with E-state index in [1.165, 1.54) is 4.57 Å². The maximum atomic E-state index is 12.6. The van der Waals surface area contributed by atoms with Crippen molar-refractivity contribution in [2.75, 3.05) is 25.1 Å². The zero-order valence-corrected chi connectivity index (χ0v) is 19.6. The third-order valence-corrected chi connectivity index (χ3v) is 5.20. The van der Waals surface area contributed by atoms with E-state index in [-0.39, 0.29) is 30.4 Å². The van der Waals surface area contributed by atoms with Crippen molar-refractivity contribution in [2.24, 2.45) is 7.05 Å². The maximum Gasteiger partial charge on any atom is 0.329 e. The molecule has 0 bridgehead atoms. The Bertz CT molecular complexity index is 1180. The van der Waals surface area contributed by atoms with Gasteiger partial charge in [-0.2, -0.15) is 4.98 Å². The van der Waals surface area contributed by atoms with Gasteiger partial charge in [-0.1, -0.05) is 19.1 Å². The van der Waals surface area contributed by atoms with Crippen LogP contribution in [0, 0.1) is 0 Å². The lowest BCUT2D eigenvalue weighted by Crippen LogP contribution is -2.31. The largest absolute Gasteiger partial charge is 0.491 e. The third-order valence-electron chi connectivity index (χ3n) is 5.20. The van der Waals surface area contributed by atoms with Crippen LogP contribution in [0.15, 0.2) is 33.9 Å². The SMILES string of the molecule is CCc1cccc(OCC(O)Cn2c(NCCCOC(C)C)nc3c2c(=O)[nH]c(=O)n3C)c1. The van der Waals surface area contributed by atoms with Crippen LogP contribution in [0.5, 0.6) is 5.75 Å². The van der Waals surface area contributed by atoms with Crippen molar-refractivity contribution in [3.63, 3.8) is 0 Å². The van der Waals surface area contributed by atoms with E-state index in [9.17, 15) is 14.7 Å². The fourth-order valence-electron chi connectivity index (χ4n) is 3.45. The van der Waals surface area contributed by atoms with Crippen molar-refractivity contribution in [1.29, 1.82) is 0 Å². The molecule has 1 unspecified atom stereocenters. The third kappa shape index (κ3) is 6.23. The van der Waals surface area contributed by atoms with Crippen molar-refractivity contribution >= 4 is 17.1 Å². The molecule has 1 aromatic carbocycles. The first-order chi connectivity index (χ1) is 15.8. The molecular formula is C23H33N5O5. The molecule has 3 rings (SSSR count). The number of hydrogen-bond acceptors (Lipinski definition) is 7. The van der Waals surface area contributed by atoms with Crippen molar-refractivity contribution in [2.45, 2.75) is 52.4 Å². The summed E-state index contributed by atoms with van der Waals surface area (Å²) in [6.07, 6.45) is 0.861. The lowest BCUT2D eigenvalue weighted by molar-refractivity contribution is 0.0786. The molecule has 180 valence electrons. The molecule has 0 spiro atoms. The van der Waals surface area contributed by atoms with Gasteiger partial charge in [-0.3, -0.25) is 14.3 Å². The fourth-order valence-corrected chi connectivity index (χ4v) is 3.45. The number of aliphatic hydroxyl groups excluding tert-OH is 1. The topological polar surface area (TPSA) is 123 Å². The predicted molar refractivity (Wildman–Crippen MR) is 127 cm³/mol. The second-order valence-electron chi connectivity index (χ2n) is 8.20. The van der Waals surface area contributed by atoms with Crippen LogP contribution in [0.3, 0.4) is 0 Å². The molecule has 0 aliphatic heterocycles. The first-order valence-electron chi connectivity index (χ1n) is 11.2. The van der Waals surface area contributed by atoms with Crippen molar-refractivity contribution in [1.82, 2.24) is 19.1 Å². The Kier molecular flexibility index (Phi) is 8.29. The van der Waals surface area contributed by atoms with E-state index in [1.807, 2.05) is 38.1 Å². The van der Waals surface area contributed by atoms with Crippen LogP contribution in [0.25, 0.3) is 11.2 Å². The minimum absolute atomic E-state index is 0.0399. The summed E-state index contributed by atoms with van der Waals surface area (Å²) in [5, 5.41) is 13.9. The number of nitrogens with zero attached hydrogens (tertiary/aromatic N) is 3. The Balaban J connectivity index is 1.78. The van der Waals surface area contributed by atoms with Gasteiger partial charge >= 0.3 is 5.69 Å². The van der Waals surface area contributed by atoms with Gasteiger partial charge in [-0.05, 0) is 44.4 Å². The lowest BCUT2D eigenvalue weighted by atomic mass is 10.2. The Morgan fingerprint density at radius 3 is 2.79 bits per heavy atom. The standard InChI is InChI=1S/C23H33N5O5/c1-5-16-8-6-9-18(12-16)33-14-17(29)13-28-19-20(27(4)23(31)26-21(19)30)25-22(28)24-10-7-11-32-15(2)3/h6,8-9,12,15,17,29H,5,7,10-11,13-14H2,1-4H3,(H,24,25)(H,26,30,31). The minimum Gasteiger partial charge on any atom is -0.491 e. The number of fused-ring (bicyclic) bond motifs is 1. The highest BCUT2D eigenvalue weighted by Gasteiger charge is 2.20. The van der Waals surface area contributed by atoms with Gasteiger partial charge < -0.3 is 24.5 Å². The maximum absolute atomic E-state index is 12.6. The molecule has 2 aromatic heterocycles. The molecule has 2 heterocycles. The van der Waals surface area contributed by atoms with E-state index in [2.05, 4.69) is 22.2 Å². The van der Waals surface area contributed by atoms with E-state index in [1.54, 1.807) is 11.6 Å². The number of rotatable bonds is 12. The number of benzene rings is 1. The molecule has 0 saturated heterocycles. The Hall–Kier alpha value is -3.11. The highest BCUT2D eigenvalue weighted by molar-refractivity contribution is 5.74. The molecule has 33 heavy (non-hydrogen) atoms. The number of H-pyrrole nitrogens is 1. The number of aliphatic hydroxyl groups is 1. The van der Waals surface area contributed by atoms with E-state index in [0.717, 1.165) is 18.4 Å². The molecule has 1 atom stereocenters. The Morgan fingerprint density at radius 1 is 1.27 bits per heavy atom. The number of ether oxygens (including phenoxy) is 2. The predicted octanol–water partition coefficient (Wildman–Crippen LogP) is 1.65. The summed E-state index contributed by atoms with van der Waals surface area (Å²) in [5.74, 6) is 1.07. The number of aromatic nitrogens is 4. The average Bonchev–Trinajstić information content (AvgIpc) is 3.14. The summed E-state index contributed by atoms with van der Waals surface area (Å²) in [7, 11) is 1.54. The number of hydrogen-bond donors (Lipinski definition) is 3. The second-order valence-corrected chi connectivity index (χ2v) is 8.20. The monoisotopic (exact) mass is 459 g/mol. The normalized spacial score (nSPS) is 12.4. The van der Waals surface area contributed by atoms with Gasteiger partial charge in [0.25, 0.3) is 5.56 Å². The zero-order valence-electron chi connectivity index (χ0n) is 19.6. The van der Waals surface area contributed by atoms with E-state index >= 15 is 0 Å². The van der Waals surface area contributed by atoms with Gasteiger partial charge in [0.2, 0.25) is 5.95 Å². The molecule has 0 radical (unpaired) electrons. The molecule has 3 aromatic rings. The molecule has 0 aliphatic rings. The smallest absolute Gasteiger partial charge is 0.329 e. The molecule has 0 amide bonds. The van der Waals surface area contributed by atoms with Gasteiger partial charge in [0, 0.05) is 20.2 Å². The fraction of sp³-hybridized carbons (Fsp3) is 0.522. The van der Waals surface area contributed by atoms with Crippen LogP contribution in [-0.2, 0) is 24.8 Å². The first kappa shape index (κ1) is 24.5. The van der Waals surface area contributed by atoms with Gasteiger partial charge in [-0.15, -0.1) is 0 Å².